The highest BCUT2D eigenvalue weighted by Gasteiger charge is 2.22. The van der Waals surface area contributed by atoms with Crippen LogP contribution in [-0.4, -0.2) is 37.0 Å². The largest absolute Gasteiger partial charge is 0.346 e. The average Bonchev–Trinajstić information content (AvgIpc) is 2.63. The van der Waals surface area contributed by atoms with Crippen molar-refractivity contribution in [1.82, 2.24) is 4.90 Å². The second-order valence-corrected chi connectivity index (χ2v) is 4.58. The number of rotatable bonds is 3. The lowest BCUT2D eigenvalue weighted by molar-refractivity contribution is -0.664. The minimum atomic E-state index is 0.382. The van der Waals surface area contributed by atoms with Crippen LogP contribution in [0.2, 0.25) is 0 Å². The summed E-state index contributed by atoms with van der Waals surface area (Å²) >= 11 is 0. The Morgan fingerprint density at radius 1 is 1.36 bits per heavy atom. The first-order valence-electron chi connectivity index (χ1n) is 5.95. The fourth-order valence-electron chi connectivity index (χ4n) is 2.56. The first kappa shape index (κ1) is 9.97. The summed E-state index contributed by atoms with van der Waals surface area (Å²) in [6.45, 7) is 4.61. The van der Waals surface area contributed by atoms with Gasteiger partial charge < -0.3 is 10.2 Å². The van der Waals surface area contributed by atoms with E-state index in [-0.39, 0.29) is 0 Å². The van der Waals surface area contributed by atoms with Crippen LogP contribution in [0.5, 0.6) is 0 Å². The van der Waals surface area contributed by atoms with Crippen LogP contribution in [0, 0.1) is 5.92 Å². The number of nitrogens with two attached hydrogens (primary N) is 1. The monoisotopic (exact) mass is 197 g/mol. The predicted molar refractivity (Wildman–Crippen MR) is 54.8 cm³/mol. The molecule has 1 amide bonds. The van der Waals surface area contributed by atoms with Crippen LogP contribution in [0.1, 0.15) is 32.1 Å². The lowest BCUT2D eigenvalue weighted by Crippen LogP contribution is -2.86. The number of quaternary nitrogens is 1. The van der Waals surface area contributed by atoms with E-state index in [0.717, 1.165) is 31.8 Å². The van der Waals surface area contributed by atoms with Crippen molar-refractivity contribution in [2.45, 2.75) is 32.1 Å². The first-order chi connectivity index (χ1) is 6.86. The molecule has 2 fully saturated rings. The Hall–Kier alpha value is -0.570. The van der Waals surface area contributed by atoms with Gasteiger partial charge in [-0.05, 0) is 31.6 Å². The Balaban J connectivity index is 1.68. The van der Waals surface area contributed by atoms with E-state index < -0.39 is 0 Å². The van der Waals surface area contributed by atoms with Gasteiger partial charge in [0.15, 0.2) is 0 Å². The smallest absolute Gasteiger partial charge is 0.222 e. The van der Waals surface area contributed by atoms with E-state index in [1.165, 1.54) is 32.4 Å². The van der Waals surface area contributed by atoms with Crippen molar-refractivity contribution < 1.29 is 10.1 Å². The summed E-state index contributed by atoms with van der Waals surface area (Å²) in [6, 6.07) is 0. The summed E-state index contributed by atoms with van der Waals surface area (Å²) in [5.41, 5.74) is 0. The van der Waals surface area contributed by atoms with Crippen molar-refractivity contribution in [2.75, 3.05) is 26.2 Å². The highest BCUT2D eigenvalue weighted by molar-refractivity contribution is 5.77. The van der Waals surface area contributed by atoms with E-state index in [4.69, 9.17) is 0 Å². The van der Waals surface area contributed by atoms with Gasteiger partial charge in [-0.15, -0.1) is 0 Å². The molecule has 3 heteroatoms. The summed E-state index contributed by atoms with van der Waals surface area (Å²) in [6.07, 6.45) is 5.80. The lowest BCUT2D eigenvalue weighted by Gasteiger charge is -2.23. The first-order valence-corrected chi connectivity index (χ1v) is 5.95. The molecule has 0 aromatic heterocycles. The summed E-state index contributed by atoms with van der Waals surface area (Å²) in [5.74, 6) is 1.26. The molecular formula is C11H21N2O+. The molecule has 2 N–H and O–H groups in total. The minimum Gasteiger partial charge on any atom is -0.346 e. The Morgan fingerprint density at radius 3 is 2.79 bits per heavy atom. The number of hydrogen-bond donors (Lipinski definition) is 1. The molecule has 2 heterocycles. The molecule has 2 aliphatic rings. The van der Waals surface area contributed by atoms with Gasteiger partial charge in [0.25, 0.3) is 0 Å². The van der Waals surface area contributed by atoms with E-state index in [0.29, 0.717) is 5.91 Å². The molecule has 2 rings (SSSR count). The quantitative estimate of drug-likeness (QED) is 0.678. The third-order valence-electron chi connectivity index (χ3n) is 3.54. The normalized spacial score (nSPS) is 24.6. The number of piperidine rings is 1. The number of carbonyl (C=O) groups is 1. The SMILES string of the molecule is O=C1CCCN1CCC1CC[NH2+]CC1. The van der Waals surface area contributed by atoms with Crippen LogP contribution < -0.4 is 5.32 Å². The molecule has 0 aromatic rings. The van der Waals surface area contributed by atoms with Gasteiger partial charge in [0.05, 0.1) is 13.1 Å². The molecule has 0 aliphatic carbocycles. The van der Waals surface area contributed by atoms with Crippen LogP contribution in [0.25, 0.3) is 0 Å². The average molecular weight is 197 g/mol. The number of nitrogens with zero attached hydrogens (tertiary/aromatic N) is 1. The Kier molecular flexibility index (Phi) is 3.40. The molecule has 3 nitrogen and oxygen atoms in total. The minimum absolute atomic E-state index is 0.382. The number of hydrogen-bond acceptors (Lipinski definition) is 1. The van der Waals surface area contributed by atoms with Crippen LogP contribution >= 0.6 is 0 Å². The molecule has 0 atom stereocenters. The molecule has 0 bridgehead atoms. The van der Waals surface area contributed by atoms with Crippen LogP contribution in [0.15, 0.2) is 0 Å². The maximum Gasteiger partial charge on any atom is 0.222 e. The van der Waals surface area contributed by atoms with Crippen LogP contribution in [-0.2, 0) is 4.79 Å². The van der Waals surface area contributed by atoms with E-state index in [1.807, 2.05) is 0 Å². The van der Waals surface area contributed by atoms with Gasteiger partial charge in [-0.2, -0.15) is 0 Å². The maximum absolute atomic E-state index is 11.4. The molecule has 0 aromatic carbocycles. The highest BCUT2D eigenvalue weighted by atomic mass is 16.2. The Labute approximate surface area is 85.8 Å². The van der Waals surface area contributed by atoms with Gasteiger partial charge in [-0.1, -0.05) is 0 Å². The zero-order chi connectivity index (χ0) is 9.80. The van der Waals surface area contributed by atoms with Gasteiger partial charge in [0.1, 0.15) is 0 Å². The predicted octanol–water partition coefficient (Wildman–Crippen LogP) is -0.0277. The number of amides is 1. The van der Waals surface area contributed by atoms with Crippen molar-refractivity contribution in [1.29, 1.82) is 0 Å². The molecule has 80 valence electrons. The molecule has 2 saturated heterocycles. The Bertz CT molecular complexity index is 199. The van der Waals surface area contributed by atoms with Crippen molar-refractivity contribution >= 4 is 5.91 Å². The zero-order valence-corrected chi connectivity index (χ0v) is 8.87. The lowest BCUT2D eigenvalue weighted by atomic mass is 9.94. The van der Waals surface area contributed by atoms with Gasteiger partial charge in [0, 0.05) is 19.5 Å². The molecule has 0 saturated carbocycles. The van der Waals surface area contributed by atoms with Gasteiger partial charge in [-0.3, -0.25) is 4.79 Å². The summed E-state index contributed by atoms with van der Waals surface area (Å²) in [4.78, 5) is 13.4. The zero-order valence-electron chi connectivity index (χ0n) is 8.87. The van der Waals surface area contributed by atoms with Crippen molar-refractivity contribution in [3.63, 3.8) is 0 Å². The molecule has 14 heavy (non-hydrogen) atoms. The van der Waals surface area contributed by atoms with Crippen LogP contribution in [0.3, 0.4) is 0 Å². The van der Waals surface area contributed by atoms with Crippen molar-refractivity contribution in [3.8, 4) is 0 Å². The summed E-state index contributed by atoms with van der Waals surface area (Å²) < 4.78 is 0. The van der Waals surface area contributed by atoms with Gasteiger partial charge in [0.2, 0.25) is 5.91 Å². The van der Waals surface area contributed by atoms with E-state index in [2.05, 4.69) is 10.2 Å². The molecule has 0 spiro atoms. The van der Waals surface area contributed by atoms with Crippen molar-refractivity contribution in [3.05, 3.63) is 0 Å². The third kappa shape index (κ3) is 2.47. The topological polar surface area (TPSA) is 36.9 Å². The third-order valence-corrected chi connectivity index (χ3v) is 3.54. The highest BCUT2D eigenvalue weighted by Crippen LogP contribution is 2.17. The second kappa shape index (κ2) is 4.78. The Morgan fingerprint density at radius 2 is 2.14 bits per heavy atom. The van der Waals surface area contributed by atoms with E-state index in [9.17, 15) is 4.79 Å². The molecule has 0 unspecified atom stereocenters. The molecular weight excluding hydrogens is 176 g/mol. The molecule has 0 radical (unpaired) electrons. The van der Waals surface area contributed by atoms with E-state index >= 15 is 0 Å². The number of carbonyl (C=O) groups excluding carboxylic acids is 1. The van der Waals surface area contributed by atoms with Gasteiger partial charge >= 0.3 is 0 Å². The summed E-state index contributed by atoms with van der Waals surface area (Å²) in [7, 11) is 0. The number of likely N-dealkylation sites (tertiary alicyclic amines) is 1. The van der Waals surface area contributed by atoms with E-state index in [1.54, 1.807) is 0 Å². The standard InChI is InChI=1S/C11H20N2O/c14-11-2-1-8-13(11)9-5-10-3-6-12-7-4-10/h10,12H,1-9H2/p+1. The van der Waals surface area contributed by atoms with Gasteiger partial charge in [-0.25, -0.2) is 0 Å². The molecule has 2 aliphatic heterocycles. The fraction of sp³-hybridized carbons (Fsp3) is 0.909. The summed E-state index contributed by atoms with van der Waals surface area (Å²) in [5, 5.41) is 2.40. The van der Waals surface area contributed by atoms with Crippen molar-refractivity contribution in [2.24, 2.45) is 5.92 Å². The fourth-order valence-corrected chi connectivity index (χ4v) is 2.56. The van der Waals surface area contributed by atoms with Crippen LogP contribution in [0.4, 0.5) is 0 Å². The second-order valence-electron chi connectivity index (χ2n) is 4.58. The maximum atomic E-state index is 11.4.